The van der Waals surface area contributed by atoms with Crippen LogP contribution in [0.3, 0.4) is 0 Å². The quantitative estimate of drug-likeness (QED) is 0.420. The van der Waals surface area contributed by atoms with E-state index in [0.29, 0.717) is 13.1 Å². The number of halogens is 1. The molecule has 0 saturated carbocycles. The highest BCUT2D eigenvalue weighted by molar-refractivity contribution is 7.17. The van der Waals surface area contributed by atoms with Gasteiger partial charge in [0.2, 0.25) is 0 Å². The summed E-state index contributed by atoms with van der Waals surface area (Å²) >= 11 is 1.74. The molecule has 0 fully saturated rings. The lowest BCUT2D eigenvalue weighted by Crippen LogP contribution is -2.31. The lowest BCUT2D eigenvalue weighted by atomic mass is 10.0. The maximum absolute atomic E-state index is 12.9. The lowest BCUT2D eigenvalue weighted by Gasteiger charge is -2.13. The third kappa shape index (κ3) is 5.01. The summed E-state index contributed by atoms with van der Waals surface area (Å²) in [5, 5.41) is 16.7. The number of hydrogen-bond donors (Lipinski definition) is 2. The average molecular weight is 408 g/mol. The zero-order chi connectivity index (χ0) is 20.1. The van der Waals surface area contributed by atoms with Gasteiger partial charge in [-0.05, 0) is 46.8 Å². The summed E-state index contributed by atoms with van der Waals surface area (Å²) in [6, 6.07) is 22.6. The summed E-state index contributed by atoms with van der Waals surface area (Å²) in [7, 11) is 0. The molecule has 0 aliphatic rings. The molecule has 0 saturated heterocycles. The van der Waals surface area contributed by atoms with E-state index in [9.17, 15) is 9.50 Å². The minimum atomic E-state index is -0.629. The van der Waals surface area contributed by atoms with Crippen molar-refractivity contribution in [3.63, 3.8) is 0 Å². The van der Waals surface area contributed by atoms with E-state index in [4.69, 9.17) is 4.74 Å². The van der Waals surface area contributed by atoms with Crippen molar-refractivity contribution >= 4 is 21.4 Å². The van der Waals surface area contributed by atoms with E-state index >= 15 is 0 Å². The number of aliphatic hydroxyl groups excluding tert-OH is 1. The second kappa shape index (κ2) is 9.18. The molecule has 0 spiro atoms. The molecule has 3 nitrogen and oxygen atoms in total. The molecule has 0 bridgehead atoms. The molecule has 29 heavy (non-hydrogen) atoms. The van der Waals surface area contributed by atoms with Crippen molar-refractivity contribution < 1.29 is 14.2 Å². The number of thiophene rings is 1. The highest BCUT2D eigenvalue weighted by Crippen LogP contribution is 2.34. The smallest absolute Gasteiger partial charge is 0.123 e. The fraction of sp³-hybridized carbons (Fsp3) is 0.167. The van der Waals surface area contributed by atoms with Gasteiger partial charge in [0.05, 0.1) is 0 Å². The molecule has 4 aromatic rings. The summed E-state index contributed by atoms with van der Waals surface area (Å²) < 4.78 is 19.9. The first-order valence-electron chi connectivity index (χ1n) is 9.52. The second-order valence-corrected chi connectivity index (χ2v) is 7.80. The number of aliphatic hydroxyl groups is 1. The first-order chi connectivity index (χ1) is 14.2. The Labute approximate surface area is 173 Å². The standard InChI is InChI=1S/C24H22FNO2S/c25-19-9-5-17(6-10-19)13-26-14-20(27)15-28-21-11-7-18(8-12-21)23-16-29-24-4-2-1-3-22(23)24/h1-12,16,20,26-27H,13-15H2. The van der Waals surface area contributed by atoms with Gasteiger partial charge in [0.1, 0.15) is 24.3 Å². The van der Waals surface area contributed by atoms with Gasteiger partial charge in [-0.25, -0.2) is 4.39 Å². The van der Waals surface area contributed by atoms with Gasteiger partial charge in [-0.2, -0.15) is 0 Å². The largest absolute Gasteiger partial charge is 0.491 e. The van der Waals surface area contributed by atoms with Crippen molar-refractivity contribution in [1.82, 2.24) is 5.32 Å². The van der Waals surface area contributed by atoms with Crippen molar-refractivity contribution in [2.24, 2.45) is 0 Å². The Morgan fingerprint density at radius 3 is 2.52 bits per heavy atom. The number of fused-ring (bicyclic) bond motifs is 1. The Bertz CT molecular complexity index is 1060. The molecule has 2 N–H and O–H groups in total. The number of ether oxygens (including phenoxy) is 1. The van der Waals surface area contributed by atoms with Crippen LogP contribution in [0.2, 0.25) is 0 Å². The predicted octanol–water partition coefficient (Wildman–Crippen LogP) is 5.24. The fourth-order valence-electron chi connectivity index (χ4n) is 3.17. The summed E-state index contributed by atoms with van der Waals surface area (Å²) in [6.07, 6.45) is -0.629. The van der Waals surface area contributed by atoms with Crippen molar-refractivity contribution in [3.8, 4) is 16.9 Å². The Kier molecular flexibility index (Phi) is 6.20. The van der Waals surface area contributed by atoms with Crippen LogP contribution in [-0.4, -0.2) is 24.4 Å². The number of nitrogens with one attached hydrogen (secondary N) is 1. The molecular formula is C24H22FNO2S. The Hall–Kier alpha value is -2.73. The van der Waals surface area contributed by atoms with Crippen LogP contribution in [0.1, 0.15) is 5.56 Å². The monoisotopic (exact) mass is 407 g/mol. The topological polar surface area (TPSA) is 41.5 Å². The van der Waals surface area contributed by atoms with Crippen molar-refractivity contribution in [3.05, 3.63) is 89.6 Å². The van der Waals surface area contributed by atoms with Gasteiger partial charge < -0.3 is 15.2 Å². The summed E-state index contributed by atoms with van der Waals surface area (Å²) in [5.41, 5.74) is 3.34. The fourth-order valence-corrected chi connectivity index (χ4v) is 4.14. The second-order valence-electron chi connectivity index (χ2n) is 6.89. The predicted molar refractivity (Wildman–Crippen MR) is 117 cm³/mol. The Balaban J connectivity index is 1.27. The van der Waals surface area contributed by atoms with Crippen LogP contribution in [0.5, 0.6) is 5.75 Å². The van der Waals surface area contributed by atoms with Crippen LogP contribution >= 0.6 is 11.3 Å². The Morgan fingerprint density at radius 1 is 0.966 bits per heavy atom. The van der Waals surface area contributed by atoms with Gasteiger partial charge in [-0.3, -0.25) is 0 Å². The first kappa shape index (κ1) is 19.6. The maximum atomic E-state index is 12.9. The van der Waals surface area contributed by atoms with Crippen molar-refractivity contribution in [2.45, 2.75) is 12.6 Å². The van der Waals surface area contributed by atoms with E-state index < -0.39 is 6.10 Å². The van der Waals surface area contributed by atoms with E-state index in [1.54, 1.807) is 23.5 Å². The molecule has 0 radical (unpaired) electrons. The van der Waals surface area contributed by atoms with Gasteiger partial charge in [0, 0.05) is 28.7 Å². The summed E-state index contributed by atoms with van der Waals surface area (Å²) in [4.78, 5) is 0. The third-order valence-corrected chi connectivity index (χ3v) is 5.67. The summed E-state index contributed by atoms with van der Waals surface area (Å²) in [5.74, 6) is 0.478. The van der Waals surface area contributed by atoms with E-state index in [0.717, 1.165) is 16.9 Å². The van der Waals surface area contributed by atoms with Crippen LogP contribution in [0, 0.1) is 5.82 Å². The molecule has 1 heterocycles. The number of benzene rings is 3. The highest BCUT2D eigenvalue weighted by Gasteiger charge is 2.08. The zero-order valence-electron chi connectivity index (χ0n) is 15.8. The average Bonchev–Trinajstić information content (AvgIpc) is 3.18. The maximum Gasteiger partial charge on any atom is 0.123 e. The molecule has 0 aliphatic carbocycles. The van der Waals surface area contributed by atoms with Crippen LogP contribution < -0.4 is 10.1 Å². The van der Waals surface area contributed by atoms with Gasteiger partial charge in [0.25, 0.3) is 0 Å². The van der Waals surface area contributed by atoms with Gasteiger partial charge in [-0.15, -0.1) is 11.3 Å². The highest BCUT2D eigenvalue weighted by atomic mass is 32.1. The molecule has 3 aromatic carbocycles. The third-order valence-electron chi connectivity index (χ3n) is 4.71. The molecule has 0 amide bonds. The minimum absolute atomic E-state index is 0.206. The molecular weight excluding hydrogens is 385 g/mol. The molecule has 4 rings (SSSR count). The van der Waals surface area contributed by atoms with Crippen molar-refractivity contribution in [2.75, 3.05) is 13.2 Å². The first-order valence-corrected chi connectivity index (χ1v) is 10.4. The summed E-state index contributed by atoms with van der Waals surface area (Å²) in [6.45, 7) is 1.17. The molecule has 1 aromatic heterocycles. The number of rotatable bonds is 8. The molecule has 5 heteroatoms. The van der Waals surface area contributed by atoms with Gasteiger partial charge in [-0.1, -0.05) is 42.5 Å². The van der Waals surface area contributed by atoms with E-state index in [1.165, 1.54) is 27.8 Å². The lowest BCUT2D eigenvalue weighted by molar-refractivity contribution is 0.106. The van der Waals surface area contributed by atoms with E-state index in [1.807, 2.05) is 24.3 Å². The molecule has 1 unspecified atom stereocenters. The Morgan fingerprint density at radius 2 is 1.72 bits per heavy atom. The van der Waals surface area contributed by atoms with Gasteiger partial charge >= 0.3 is 0 Å². The molecule has 1 atom stereocenters. The normalized spacial score (nSPS) is 12.2. The van der Waals surface area contributed by atoms with Crippen LogP contribution in [0.4, 0.5) is 4.39 Å². The van der Waals surface area contributed by atoms with Crippen LogP contribution in [0.15, 0.2) is 78.2 Å². The molecule has 0 aliphatic heterocycles. The van der Waals surface area contributed by atoms with E-state index in [2.05, 4.69) is 35.0 Å². The SMILES string of the molecule is OC(CNCc1ccc(F)cc1)COc1ccc(-c2csc3ccccc23)cc1. The number of hydrogen-bond acceptors (Lipinski definition) is 4. The van der Waals surface area contributed by atoms with Crippen molar-refractivity contribution in [1.29, 1.82) is 0 Å². The van der Waals surface area contributed by atoms with E-state index in [-0.39, 0.29) is 12.4 Å². The zero-order valence-corrected chi connectivity index (χ0v) is 16.7. The van der Waals surface area contributed by atoms with Gasteiger partial charge in [0.15, 0.2) is 0 Å². The molecule has 148 valence electrons. The van der Waals surface area contributed by atoms with Crippen LogP contribution in [0.25, 0.3) is 21.2 Å². The van der Waals surface area contributed by atoms with Crippen LogP contribution in [-0.2, 0) is 6.54 Å². The minimum Gasteiger partial charge on any atom is -0.491 e.